The van der Waals surface area contributed by atoms with Crippen molar-refractivity contribution in [2.45, 2.75) is 13.0 Å². The molecule has 1 amide bonds. The van der Waals surface area contributed by atoms with Gasteiger partial charge < -0.3 is 10.1 Å². The van der Waals surface area contributed by atoms with E-state index in [2.05, 4.69) is 15.3 Å². The first-order chi connectivity index (χ1) is 13.1. The second-order valence-electron chi connectivity index (χ2n) is 5.80. The number of nitrogens with one attached hydrogen (secondary N) is 1. The number of rotatable bonds is 6. The molecule has 1 heterocycles. The van der Waals surface area contributed by atoms with Gasteiger partial charge in [0.2, 0.25) is 11.8 Å². The molecule has 136 valence electrons. The van der Waals surface area contributed by atoms with Gasteiger partial charge in [-0.1, -0.05) is 41.9 Å². The van der Waals surface area contributed by atoms with Crippen LogP contribution < -0.4 is 10.1 Å². The highest BCUT2D eigenvalue weighted by atomic mass is 35.5. The molecular weight excluding hydrogens is 362 g/mol. The Kier molecular flexibility index (Phi) is 6.18. The molecule has 0 saturated heterocycles. The maximum Gasteiger partial charge on any atom is 0.244 e. The number of benzene rings is 2. The minimum absolute atomic E-state index is 0.196. The first kappa shape index (κ1) is 18.6. The van der Waals surface area contributed by atoms with Crippen LogP contribution >= 0.6 is 11.6 Å². The average Bonchev–Trinajstić information content (AvgIpc) is 2.68. The number of hydrogen-bond donors (Lipinski definition) is 1. The molecule has 0 aliphatic heterocycles. The van der Waals surface area contributed by atoms with Gasteiger partial charge in [-0.05, 0) is 42.3 Å². The molecule has 27 heavy (non-hydrogen) atoms. The minimum atomic E-state index is -0.206. The first-order valence-electron chi connectivity index (χ1n) is 8.39. The van der Waals surface area contributed by atoms with E-state index in [9.17, 15) is 4.79 Å². The Morgan fingerprint density at radius 2 is 2.04 bits per heavy atom. The molecule has 2 aromatic carbocycles. The zero-order chi connectivity index (χ0) is 19.1. The maximum absolute atomic E-state index is 12.2. The molecule has 0 aliphatic rings. The van der Waals surface area contributed by atoms with Crippen molar-refractivity contribution in [1.29, 1.82) is 0 Å². The van der Waals surface area contributed by atoms with Gasteiger partial charge in [-0.25, -0.2) is 4.98 Å². The van der Waals surface area contributed by atoms with Crippen LogP contribution in [0.3, 0.4) is 0 Å². The van der Waals surface area contributed by atoms with E-state index in [1.165, 1.54) is 12.3 Å². The summed E-state index contributed by atoms with van der Waals surface area (Å²) >= 11 is 6.09. The van der Waals surface area contributed by atoms with Gasteiger partial charge in [0, 0.05) is 23.5 Å². The molecule has 3 aromatic rings. The standard InChI is InChI=1S/C21H18ClN3O2/c1-15(25-20(26)10-9-16-5-2-3-8-19(16)22)17-6-4-7-18(13-17)27-21-14-23-11-12-24-21/h2-15H,1H3,(H,25,26)/b10-9+/t15-/m0/s1. The zero-order valence-electron chi connectivity index (χ0n) is 14.7. The molecule has 0 aliphatic carbocycles. The Balaban J connectivity index is 1.63. The van der Waals surface area contributed by atoms with Gasteiger partial charge in [0.05, 0.1) is 12.2 Å². The largest absolute Gasteiger partial charge is 0.437 e. The van der Waals surface area contributed by atoms with Crippen molar-refractivity contribution in [2.24, 2.45) is 0 Å². The average molecular weight is 380 g/mol. The Hall–Kier alpha value is -3.18. The summed E-state index contributed by atoms with van der Waals surface area (Å²) in [7, 11) is 0. The Morgan fingerprint density at radius 1 is 1.19 bits per heavy atom. The number of hydrogen-bond acceptors (Lipinski definition) is 4. The molecule has 1 N–H and O–H groups in total. The van der Waals surface area contributed by atoms with Crippen molar-refractivity contribution in [3.05, 3.63) is 89.3 Å². The molecule has 0 radical (unpaired) electrons. The third kappa shape index (κ3) is 5.39. The van der Waals surface area contributed by atoms with Crippen molar-refractivity contribution < 1.29 is 9.53 Å². The molecule has 0 saturated carbocycles. The van der Waals surface area contributed by atoms with Crippen LogP contribution in [-0.4, -0.2) is 15.9 Å². The van der Waals surface area contributed by atoms with Gasteiger partial charge in [0.25, 0.3) is 0 Å². The van der Waals surface area contributed by atoms with Crippen molar-refractivity contribution in [3.8, 4) is 11.6 Å². The van der Waals surface area contributed by atoms with Gasteiger partial charge in [-0.2, -0.15) is 0 Å². The lowest BCUT2D eigenvalue weighted by atomic mass is 10.1. The lowest BCUT2D eigenvalue weighted by molar-refractivity contribution is -0.117. The third-order valence-corrected chi connectivity index (χ3v) is 4.14. The second kappa shape index (κ2) is 8.96. The fourth-order valence-corrected chi connectivity index (χ4v) is 2.63. The topological polar surface area (TPSA) is 64.1 Å². The molecule has 0 spiro atoms. The predicted molar refractivity (Wildman–Crippen MR) is 106 cm³/mol. The quantitative estimate of drug-likeness (QED) is 0.624. The van der Waals surface area contributed by atoms with E-state index in [0.717, 1.165) is 11.1 Å². The molecule has 6 heteroatoms. The summed E-state index contributed by atoms with van der Waals surface area (Å²) in [6, 6.07) is 14.6. The summed E-state index contributed by atoms with van der Waals surface area (Å²) in [4.78, 5) is 20.2. The molecule has 3 rings (SSSR count). The minimum Gasteiger partial charge on any atom is -0.437 e. The van der Waals surface area contributed by atoms with E-state index in [-0.39, 0.29) is 11.9 Å². The van der Waals surface area contributed by atoms with Crippen LogP contribution in [0.2, 0.25) is 5.02 Å². The number of amides is 1. The SMILES string of the molecule is C[C@H](NC(=O)/C=C/c1ccccc1Cl)c1cccc(Oc2cnccn2)c1. The number of aromatic nitrogens is 2. The molecule has 0 bridgehead atoms. The van der Waals surface area contributed by atoms with Crippen LogP contribution in [0.1, 0.15) is 24.1 Å². The Bertz CT molecular complexity index is 945. The monoisotopic (exact) mass is 379 g/mol. The van der Waals surface area contributed by atoms with E-state index >= 15 is 0 Å². The summed E-state index contributed by atoms with van der Waals surface area (Å²) < 4.78 is 5.68. The summed E-state index contributed by atoms with van der Waals surface area (Å²) in [5.41, 5.74) is 1.71. The van der Waals surface area contributed by atoms with Crippen molar-refractivity contribution in [1.82, 2.24) is 15.3 Å². The van der Waals surface area contributed by atoms with Crippen LogP contribution in [0.15, 0.2) is 73.2 Å². The summed E-state index contributed by atoms with van der Waals surface area (Å²) in [6.45, 7) is 1.91. The Labute approximate surface area is 162 Å². The molecular formula is C21H18ClN3O2. The fraction of sp³-hybridized carbons (Fsp3) is 0.0952. The number of carbonyl (C=O) groups excluding carboxylic acids is 1. The van der Waals surface area contributed by atoms with E-state index in [1.807, 2.05) is 49.4 Å². The van der Waals surface area contributed by atoms with Crippen LogP contribution in [0, 0.1) is 0 Å². The van der Waals surface area contributed by atoms with Crippen molar-refractivity contribution >= 4 is 23.6 Å². The van der Waals surface area contributed by atoms with Gasteiger partial charge in [-0.15, -0.1) is 0 Å². The number of nitrogens with zero attached hydrogens (tertiary/aromatic N) is 2. The molecule has 0 unspecified atom stereocenters. The van der Waals surface area contributed by atoms with E-state index < -0.39 is 0 Å². The maximum atomic E-state index is 12.2. The van der Waals surface area contributed by atoms with Crippen LogP contribution in [0.5, 0.6) is 11.6 Å². The third-order valence-electron chi connectivity index (χ3n) is 3.80. The zero-order valence-corrected chi connectivity index (χ0v) is 15.4. The van der Waals surface area contributed by atoms with E-state index in [4.69, 9.17) is 16.3 Å². The Morgan fingerprint density at radius 3 is 2.81 bits per heavy atom. The fourth-order valence-electron chi connectivity index (χ4n) is 2.43. The van der Waals surface area contributed by atoms with Crippen LogP contribution in [-0.2, 0) is 4.79 Å². The highest BCUT2D eigenvalue weighted by Crippen LogP contribution is 2.23. The van der Waals surface area contributed by atoms with Gasteiger partial charge in [0.15, 0.2) is 0 Å². The number of halogens is 1. The summed E-state index contributed by atoms with van der Waals surface area (Å²) in [5, 5.41) is 3.53. The summed E-state index contributed by atoms with van der Waals surface area (Å²) in [5.74, 6) is 0.831. The van der Waals surface area contributed by atoms with E-state index in [1.54, 1.807) is 24.5 Å². The molecule has 1 atom stereocenters. The first-order valence-corrected chi connectivity index (χ1v) is 8.76. The number of carbonyl (C=O) groups is 1. The highest BCUT2D eigenvalue weighted by molar-refractivity contribution is 6.32. The predicted octanol–water partition coefficient (Wildman–Crippen LogP) is 4.81. The normalized spacial score (nSPS) is 11.9. The smallest absolute Gasteiger partial charge is 0.244 e. The second-order valence-corrected chi connectivity index (χ2v) is 6.21. The van der Waals surface area contributed by atoms with Crippen LogP contribution in [0.4, 0.5) is 0 Å². The summed E-state index contributed by atoms with van der Waals surface area (Å²) in [6.07, 6.45) is 7.84. The lowest BCUT2D eigenvalue weighted by Crippen LogP contribution is -2.24. The van der Waals surface area contributed by atoms with E-state index in [0.29, 0.717) is 16.7 Å². The molecule has 1 aromatic heterocycles. The lowest BCUT2D eigenvalue weighted by Gasteiger charge is -2.14. The van der Waals surface area contributed by atoms with Crippen LogP contribution in [0.25, 0.3) is 6.08 Å². The van der Waals surface area contributed by atoms with Crippen molar-refractivity contribution in [3.63, 3.8) is 0 Å². The van der Waals surface area contributed by atoms with Gasteiger partial charge in [-0.3, -0.25) is 9.78 Å². The van der Waals surface area contributed by atoms with Crippen molar-refractivity contribution in [2.75, 3.05) is 0 Å². The van der Waals surface area contributed by atoms with Gasteiger partial charge in [0.1, 0.15) is 5.75 Å². The molecule has 0 fully saturated rings. The highest BCUT2D eigenvalue weighted by Gasteiger charge is 2.09. The number of ether oxygens (including phenoxy) is 1. The van der Waals surface area contributed by atoms with Gasteiger partial charge >= 0.3 is 0 Å². The molecule has 5 nitrogen and oxygen atoms in total.